The van der Waals surface area contributed by atoms with Crippen molar-refractivity contribution >= 4 is 23.7 Å². The van der Waals surface area contributed by atoms with Crippen LogP contribution in [0.4, 0.5) is 0 Å². The summed E-state index contributed by atoms with van der Waals surface area (Å²) < 4.78 is 0. The number of carboxylic acid groups (broad SMARTS) is 2. The number of carboxylic acids is 2. The predicted octanol–water partition coefficient (Wildman–Crippen LogP) is 1.20. The lowest BCUT2D eigenvalue weighted by Crippen LogP contribution is -2.32. The van der Waals surface area contributed by atoms with Gasteiger partial charge in [0.25, 0.3) is 0 Å². The maximum absolute atomic E-state index is 11.0. The average Bonchev–Trinajstić information content (AvgIpc) is 2.25. The molecule has 0 heterocycles. The van der Waals surface area contributed by atoms with Crippen LogP contribution in [0.2, 0.25) is 0 Å². The summed E-state index contributed by atoms with van der Waals surface area (Å²) in [6.07, 6.45) is 0. The van der Waals surface area contributed by atoms with E-state index in [9.17, 15) is 9.59 Å². The zero-order valence-corrected chi connectivity index (χ0v) is 10.0. The summed E-state index contributed by atoms with van der Waals surface area (Å²) in [6, 6.07) is 3.92. The predicted molar refractivity (Wildman–Crippen MR) is 64.5 cm³/mol. The molecule has 6 heteroatoms. The Morgan fingerprint density at radius 3 is 2.59 bits per heavy atom. The zero-order chi connectivity index (χ0) is 13.0. The lowest BCUT2D eigenvalue weighted by Gasteiger charge is -2.09. The molecule has 0 aliphatic carbocycles. The number of aryl methyl sites for hydroxylation is 1. The standard InChI is InChI=1S/C11H13NO4S/c1-6-2-3-7(10(13)14)9(4-6)17-5-8(12)11(15)16/h2-4,8H,5,12H2,1H3,(H,13,14)(H,15,16)/t8-/m0/s1. The summed E-state index contributed by atoms with van der Waals surface area (Å²) in [5, 5.41) is 17.6. The van der Waals surface area contributed by atoms with Gasteiger partial charge >= 0.3 is 11.9 Å². The minimum absolute atomic E-state index is 0.138. The zero-order valence-electron chi connectivity index (χ0n) is 9.21. The molecule has 0 bridgehead atoms. The van der Waals surface area contributed by atoms with Crippen LogP contribution in [0.25, 0.3) is 0 Å². The van der Waals surface area contributed by atoms with Gasteiger partial charge in [0.15, 0.2) is 0 Å². The van der Waals surface area contributed by atoms with Gasteiger partial charge in [0.2, 0.25) is 0 Å². The minimum Gasteiger partial charge on any atom is -0.480 e. The lowest BCUT2D eigenvalue weighted by molar-refractivity contribution is -0.137. The van der Waals surface area contributed by atoms with Crippen molar-refractivity contribution in [3.05, 3.63) is 29.3 Å². The van der Waals surface area contributed by atoms with Crippen LogP contribution in [0.15, 0.2) is 23.1 Å². The first kappa shape index (κ1) is 13.5. The molecular formula is C11H13NO4S. The Morgan fingerprint density at radius 2 is 2.06 bits per heavy atom. The van der Waals surface area contributed by atoms with Crippen LogP contribution < -0.4 is 5.73 Å². The molecule has 0 amide bonds. The van der Waals surface area contributed by atoms with Gasteiger partial charge in [-0.15, -0.1) is 11.8 Å². The fourth-order valence-electron chi connectivity index (χ4n) is 1.18. The molecule has 1 aromatic rings. The normalized spacial score (nSPS) is 12.1. The van der Waals surface area contributed by atoms with Crippen molar-refractivity contribution in [2.45, 2.75) is 17.9 Å². The highest BCUT2D eigenvalue weighted by Crippen LogP contribution is 2.24. The van der Waals surface area contributed by atoms with E-state index >= 15 is 0 Å². The van der Waals surface area contributed by atoms with Gasteiger partial charge in [-0.1, -0.05) is 6.07 Å². The molecule has 5 nitrogen and oxygen atoms in total. The maximum Gasteiger partial charge on any atom is 0.336 e. The van der Waals surface area contributed by atoms with E-state index in [2.05, 4.69) is 0 Å². The Labute approximate surface area is 103 Å². The number of thioether (sulfide) groups is 1. The Hall–Kier alpha value is -1.53. The monoisotopic (exact) mass is 255 g/mol. The molecule has 0 radical (unpaired) electrons. The van der Waals surface area contributed by atoms with E-state index in [0.717, 1.165) is 17.3 Å². The summed E-state index contributed by atoms with van der Waals surface area (Å²) in [7, 11) is 0. The number of carbonyl (C=O) groups is 2. The number of benzene rings is 1. The SMILES string of the molecule is Cc1ccc(C(=O)O)c(SC[C@H](N)C(=O)O)c1. The molecule has 1 rings (SSSR count). The second-order valence-electron chi connectivity index (χ2n) is 3.56. The molecule has 4 N–H and O–H groups in total. The Balaban J connectivity index is 2.85. The largest absolute Gasteiger partial charge is 0.480 e. The van der Waals surface area contributed by atoms with Gasteiger partial charge in [-0.2, -0.15) is 0 Å². The molecule has 0 aromatic heterocycles. The molecule has 0 aliphatic heterocycles. The molecule has 0 saturated heterocycles. The van der Waals surface area contributed by atoms with Crippen LogP contribution in [0, 0.1) is 6.92 Å². The minimum atomic E-state index is -1.10. The Morgan fingerprint density at radius 1 is 1.41 bits per heavy atom. The quantitative estimate of drug-likeness (QED) is 0.683. The topological polar surface area (TPSA) is 101 Å². The molecule has 0 spiro atoms. The first-order valence-corrected chi connectivity index (χ1v) is 5.85. The highest BCUT2D eigenvalue weighted by molar-refractivity contribution is 7.99. The average molecular weight is 255 g/mol. The molecule has 1 aromatic carbocycles. The molecular weight excluding hydrogens is 242 g/mol. The van der Waals surface area contributed by atoms with E-state index in [4.69, 9.17) is 15.9 Å². The first-order valence-electron chi connectivity index (χ1n) is 4.87. The third-order valence-electron chi connectivity index (χ3n) is 2.10. The summed E-state index contributed by atoms with van der Waals surface area (Å²) in [5.74, 6) is -1.99. The fraction of sp³-hybridized carbons (Fsp3) is 0.273. The number of nitrogens with two attached hydrogens (primary N) is 1. The van der Waals surface area contributed by atoms with Crippen LogP contribution in [0.3, 0.4) is 0 Å². The van der Waals surface area contributed by atoms with Gasteiger partial charge in [-0.25, -0.2) is 4.79 Å². The van der Waals surface area contributed by atoms with Crippen LogP contribution in [-0.2, 0) is 4.79 Å². The van der Waals surface area contributed by atoms with Gasteiger partial charge in [0, 0.05) is 10.6 Å². The number of aliphatic carboxylic acids is 1. The number of hydrogen-bond donors (Lipinski definition) is 3. The van der Waals surface area contributed by atoms with Gasteiger partial charge in [0.1, 0.15) is 6.04 Å². The van der Waals surface area contributed by atoms with Crippen molar-refractivity contribution in [1.29, 1.82) is 0 Å². The van der Waals surface area contributed by atoms with Gasteiger partial charge in [-0.05, 0) is 24.6 Å². The van der Waals surface area contributed by atoms with Crippen molar-refractivity contribution < 1.29 is 19.8 Å². The number of hydrogen-bond acceptors (Lipinski definition) is 4. The van der Waals surface area contributed by atoms with Crippen molar-refractivity contribution in [2.75, 3.05) is 5.75 Å². The van der Waals surface area contributed by atoms with E-state index in [0.29, 0.717) is 4.90 Å². The smallest absolute Gasteiger partial charge is 0.336 e. The van der Waals surface area contributed by atoms with Gasteiger partial charge in [-0.3, -0.25) is 4.79 Å². The van der Waals surface area contributed by atoms with Crippen molar-refractivity contribution in [3.63, 3.8) is 0 Å². The Bertz CT molecular complexity index is 447. The Kier molecular flexibility index (Phi) is 4.53. The van der Waals surface area contributed by atoms with Crippen molar-refractivity contribution in [1.82, 2.24) is 0 Å². The van der Waals surface area contributed by atoms with E-state index in [1.807, 2.05) is 6.92 Å². The third kappa shape index (κ3) is 3.76. The molecule has 0 unspecified atom stereocenters. The first-order chi connectivity index (χ1) is 7.91. The molecule has 0 fully saturated rings. The fourth-order valence-corrected chi connectivity index (χ4v) is 2.26. The van der Waals surface area contributed by atoms with E-state index in [1.54, 1.807) is 12.1 Å². The second kappa shape index (κ2) is 5.70. The van der Waals surface area contributed by atoms with E-state index < -0.39 is 18.0 Å². The molecule has 1 atom stereocenters. The van der Waals surface area contributed by atoms with Crippen LogP contribution in [0.1, 0.15) is 15.9 Å². The molecule has 92 valence electrons. The second-order valence-corrected chi connectivity index (χ2v) is 4.62. The highest BCUT2D eigenvalue weighted by Gasteiger charge is 2.15. The van der Waals surface area contributed by atoms with E-state index in [-0.39, 0.29) is 11.3 Å². The van der Waals surface area contributed by atoms with Gasteiger partial charge in [0.05, 0.1) is 5.56 Å². The lowest BCUT2D eigenvalue weighted by atomic mass is 10.1. The van der Waals surface area contributed by atoms with E-state index in [1.165, 1.54) is 6.07 Å². The number of rotatable bonds is 5. The summed E-state index contributed by atoms with van der Waals surface area (Å²) in [4.78, 5) is 22.0. The molecule has 0 saturated carbocycles. The molecule has 0 aliphatic rings. The van der Waals surface area contributed by atoms with Crippen molar-refractivity contribution in [2.24, 2.45) is 5.73 Å². The van der Waals surface area contributed by atoms with Crippen molar-refractivity contribution in [3.8, 4) is 0 Å². The summed E-state index contributed by atoms with van der Waals surface area (Å²) in [5.41, 5.74) is 6.44. The van der Waals surface area contributed by atoms with Crippen LogP contribution >= 0.6 is 11.8 Å². The third-order valence-corrected chi connectivity index (χ3v) is 3.28. The maximum atomic E-state index is 11.0. The van der Waals surface area contributed by atoms with Crippen LogP contribution in [-0.4, -0.2) is 33.9 Å². The van der Waals surface area contributed by atoms with Gasteiger partial charge < -0.3 is 15.9 Å². The molecule has 17 heavy (non-hydrogen) atoms. The summed E-state index contributed by atoms with van der Waals surface area (Å²) >= 11 is 1.14. The number of aromatic carboxylic acids is 1. The summed E-state index contributed by atoms with van der Waals surface area (Å²) in [6.45, 7) is 1.84. The highest BCUT2D eigenvalue weighted by atomic mass is 32.2. The van der Waals surface area contributed by atoms with Crippen LogP contribution in [0.5, 0.6) is 0 Å².